The standard InChI is InChI=1S/C30H34BrNO8/c1-16-27(30(34)40-10-9-35-2)28(19-14-25(38-5)26(39-6)15-20(19)31)29-21(32-16)11-18(12-22(29)33)17-7-8-23(36-3)24(13-17)37-4/h7-8,13-15,18,28,32H,9-12H2,1-6H3/t18-,28+/m1/s1. The fourth-order valence-electron chi connectivity index (χ4n) is 5.35. The van der Waals surface area contributed by atoms with Gasteiger partial charge in [-0.2, -0.15) is 0 Å². The summed E-state index contributed by atoms with van der Waals surface area (Å²) >= 11 is 3.65. The molecule has 9 nitrogen and oxygen atoms in total. The summed E-state index contributed by atoms with van der Waals surface area (Å²) in [5.74, 6) is 0.888. The van der Waals surface area contributed by atoms with Gasteiger partial charge in [-0.15, -0.1) is 0 Å². The van der Waals surface area contributed by atoms with Crippen LogP contribution in [-0.2, 0) is 19.1 Å². The van der Waals surface area contributed by atoms with Gasteiger partial charge >= 0.3 is 5.97 Å². The van der Waals surface area contributed by atoms with Crippen LogP contribution in [0.4, 0.5) is 0 Å². The van der Waals surface area contributed by atoms with Crippen molar-refractivity contribution in [1.82, 2.24) is 5.32 Å². The zero-order valence-electron chi connectivity index (χ0n) is 23.5. The molecule has 2 aliphatic rings. The van der Waals surface area contributed by atoms with Crippen LogP contribution in [0.1, 0.15) is 42.7 Å². The molecule has 10 heteroatoms. The molecule has 0 amide bonds. The number of esters is 1. The highest BCUT2D eigenvalue weighted by atomic mass is 79.9. The minimum absolute atomic E-state index is 0.0603. The summed E-state index contributed by atoms with van der Waals surface area (Å²) in [5.41, 5.74) is 3.95. The maximum atomic E-state index is 14.0. The maximum absolute atomic E-state index is 14.0. The Kier molecular flexibility index (Phi) is 9.42. The number of methoxy groups -OCH3 is 5. The van der Waals surface area contributed by atoms with E-state index in [1.807, 2.05) is 25.1 Å². The van der Waals surface area contributed by atoms with E-state index in [0.29, 0.717) is 56.3 Å². The Balaban J connectivity index is 1.82. The molecule has 1 heterocycles. The first-order valence-electron chi connectivity index (χ1n) is 12.8. The molecule has 2 aromatic carbocycles. The minimum Gasteiger partial charge on any atom is -0.493 e. The lowest BCUT2D eigenvalue weighted by Gasteiger charge is -2.37. The lowest BCUT2D eigenvalue weighted by atomic mass is 9.71. The topological polar surface area (TPSA) is 102 Å². The van der Waals surface area contributed by atoms with Crippen molar-refractivity contribution in [3.63, 3.8) is 0 Å². The van der Waals surface area contributed by atoms with Crippen molar-refractivity contribution in [2.24, 2.45) is 0 Å². The van der Waals surface area contributed by atoms with Gasteiger partial charge in [-0.3, -0.25) is 4.79 Å². The van der Waals surface area contributed by atoms with Crippen LogP contribution in [-0.4, -0.2) is 60.5 Å². The van der Waals surface area contributed by atoms with Crippen molar-refractivity contribution in [1.29, 1.82) is 0 Å². The van der Waals surface area contributed by atoms with Crippen LogP contribution in [0.25, 0.3) is 0 Å². The lowest BCUT2D eigenvalue weighted by molar-refractivity contribution is -0.140. The van der Waals surface area contributed by atoms with Gasteiger partial charge < -0.3 is 33.7 Å². The molecule has 0 saturated carbocycles. The molecule has 40 heavy (non-hydrogen) atoms. The van der Waals surface area contributed by atoms with E-state index in [-0.39, 0.29) is 31.3 Å². The zero-order valence-corrected chi connectivity index (χ0v) is 25.1. The lowest BCUT2D eigenvalue weighted by Crippen LogP contribution is -2.36. The highest BCUT2D eigenvalue weighted by Gasteiger charge is 2.42. The largest absolute Gasteiger partial charge is 0.493 e. The van der Waals surface area contributed by atoms with Crippen molar-refractivity contribution >= 4 is 27.7 Å². The SMILES string of the molecule is COCCOC(=O)C1=C(C)NC2=C(C(=O)C[C@H](c3ccc(OC)c(OC)c3)C2)[C@H]1c1cc(OC)c(OC)cc1Br. The van der Waals surface area contributed by atoms with Gasteiger partial charge in [0, 0.05) is 40.9 Å². The summed E-state index contributed by atoms with van der Waals surface area (Å²) in [5, 5.41) is 3.37. The molecule has 2 aromatic rings. The molecule has 0 radical (unpaired) electrons. The Bertz CT molecular complexity index is 1370. The number of rotatable bonds is 10. The third-order valence-corrected chi connectivity index (χ3v) is 7.95. The van der Waals surface area contributed by atoms with Crippen LogP contribution < -0.4 is 24.3 Å². The van der Waals surface area contributed by atoms with E-state index in [0.717, 1.165) is 11.3 Å². The minimum atomic E-state index is -0.681. The van der Waals surface area contributed by atoms with E-state index in [9.17, 15) is 9.59 Å². The first-order valence-corrected chi connectivity index (χ1v) is 13.6. The number of halogens is 1. The van der Waals surface area contributed by atoms with Crippen LogP contribution in [0.3, 0.4) is 0 Å². The van der Waals surface area contributed by atoms with E-state index in [1.54, 1.807) is 40.6 Å². The molecule has 0 aromatic heterocycles. The summed E-state index contributed by atoms with van der Waals surface area (Å²) < 4.78 is 33.2. The Morgan fingerprint density at radius 3 is 2.20 bits per heavy atom. The van der Waals surface area contributed by atoms with Gasteiger partial charge in [0.2, 0.25) is 0 Å². The Hall–Kier alpha value is -3.50. The maximum Gasteiger partial charge on any atom is 0.336 e. The fraction of sp³-hybridized carbons (Fsp3) is 0.400. The van der Waals surface area contributed by atoms with Crippen molar-refractivity contribution in [2.75, 3.05) is 48.8 Å². The number of ether oxygens (including phenoxy) is 6. The van der Waals surface area contributed by atoms with Gasteiger partial charge in [0.15, 0.2) is 28.8 Å². The summed E-state index contributed by atoms with van der Waals surface area (Å²) in [7, 11) is 7.81. The molecular weight excluding hydrogens is 582 g/mol. The van der Waals surface area contributed by atoms with Crippen molar-refractivity contribution in [3.05, 3.63) is 68.5 Å². The molecule has 214 valence electrons. The third-order valence-electron chi connectivity index (χ3n) is 7.26. The van der Waals surface area contributed by atoms with E-state index < -0.39 is 11.9 Å². The second kappa shape index (κ2) is 12.8. The van der Waals surface area contributed by atoms with Crippen molar-refractivity contribution in [3.8, 4) is 23.0 Å². The molecular formula is C30H34BrNO8. The van der Waals surface area contributed by atoms with Crippen molar-refractivity contribution in [2.45, 2.75) is 31.6 Å². The fourth-order valence-corrected chi connectivity index (χ4v) is 5.90. The number of carbonyl (C=O) groups is 2. The van der Waals surface area contributed by atoms with E-state index in [4.69, 9.17) is 28.4 Å². The molecule has 0 bridgehead atoms. The first-order chi connectivity index (χ1) is 19.3. The number of hydrogen-bond acceptors (Lipinski definition) is 9. The summed E-state index contributed by atoms with van der Waals surface area (Å²) in [6, 6.07) is 9.29. The number of hydrogen-bond donors (Lipinski definition) is 1. The van der Waals surface area contributed by atoms with E-state index in [1.165, 1.54) is 7.11 Å². The highest BCUT2D eigenvalue weighted by Crippen LogP contribution is 2.49. The number of allylic oxidation sites excluding steroid dienone is 3. The second-order valence-electron chi connectivity index (χ2n) is 9.49. The molecule has 0 unspecified atom stereocenters. The molecule has 1 aliphatic carbocycles. The zero-order chi connectivity index (χ0) is 29.0. The highest BCUT2D eigenvalue weighted by molar-refractivity contribution is 9.10. The predicted molar refractivity (Wildman–Crippen MR) is 152 cm³/mol. The van der Waals surface area contributed by atoms with Gasteiger partial charge in [-0.25, -0.2) is 4.79 Å². The second-order valence-corrected chi connectivity index (χ2v) is 10.3. The van der Waals surface area contributed by atoms with Crippen LogP contribution in [0.15, 0.2) is 57.3 Å². The first kappa shape index (κ1) is 29.5. The number of ketones is 1. The van der Waals surface area contributed by atoms with Gasteiger partial charge in [-0.05, 0) is 54.7 Å². The predicted octanol–water partition coefficient (Wildman–Crippen LogP) is 5.03. The number of carbonyl (C=O) groups excluding carboxylic acids is 2. The molecule has 1 N–H and O–H groups in total. The normalized spacial score (nSPS) is 18.6. The molecule has 0 spiro atoms. The molecule has 4 rings (SSSR count). The van der Waals surface area contributed by atoms with Crippen LogP contribution >= 0.6 is 15.9 Å². The number of Topliss-reactive ketones (excluding diaryl/α,β-unsaturated/α-hetero) is 1. The average molecular weight is 617 g/mol. The third kappa shape index (κ3) is 5.69. The van der Waals surface area contributed by atoms with Gasteiger partial charge in [0.05, 0.1) is 40.6 Å². The van der Waals surface area contributed by atoms with E-state index >= 15 is 0 Å². The van der Waals surface area contributed by atoms with Crippen LogP contribution in [0.5, 0.6) is 23.0 Å². The Morgan fingerprint density at radius 2 is 1.55 bits per heavy atom. The number of dihydropyridines is 1. The summed E-state index contributed by atoms with van der Waals surface area (Å²) in [6.07, 6.45) is 0.837. The Morgan fingerprint density at radius 1 is 0.900 bits per heavy atom. The molecule has 0 fully saturated rings. The van der Waals surface area contributed by atoms with Gasteiger partial charge in [0.1, 0.15) is 6.61 Å². The summed E-state index contributed by atoms with van der Waals surface area (Å²) in [4.78, 5) is 27.4. The number of benzene rings is 2. The average Bonchev–Trinajstić information content (AvgIpc) is 2.95. The Labute approximate surface area is 242 Å². The molecule has 1 aliphatic heterocycles. The monoisotopic (exact) mass is 615 g/mol. The molecule has 2 atom stereocenters. The smallest absolute Gasteiger partial charge is 0.336 e. The van der Waals surface area contributed by atoms with Crippen molar-refractivity contribution < 1.29 is 38.0 Å². The number of nitrogens with one attached hydrogen (secondary N) is 1. The van der Waals surface area contributed by atoms with E-state index in [2.05, 4.69) is 21.2 Å². The quantitative estimate of drug-likeness (QED) is 0.291. The van der Waals surface area contributed by atoms with Gasteiger partial charge in [0.25, 0.3) is 0 Å². The van der Waals surface area contributed by atoms with Crippen LogP contribution in [0, 0.1) is 0 Å². The summed E-state index contributed by atoms with van der Waals surface area (Å²) in [6.45, 7) is 2.17. The van der Waals surface area contributed by atoms with Gasteiger partial charge in [-0.1, -0.05) is 22.0 Å². The van der Waals surface area contributed by atoms with Crippen LogP contribution in [0.2, 0.25) is 0 Å². The molecule has 0 saturated heterocycles.